The standard InChI is InChI=1S/C24H21N5O/c1-3-17-8-5-12-26-21(17)24(2,30)11-9-16-6-4-7-18(14-16)23-28-15-19-10-13-27-22(25)20(19)29-23/h4-8,10,12-15,30H,3H2,1-2H3,(H2,25,27). The van der Waals surface area contributed by atoms with Crippen LogP contribution in [0.2, 0.25) is 0 Å². The zero-order valence-electron chi connectivity index (χ0n) is 16.8. The molecule has 6 nitrogen and oxygen atoms in total. The smallest absolute Gasteiger partial charge is 0.165 e. The first kappa shape index (κ1) is 19.5. The molecule has 1 aromatic carbocycles. The second kappa shape index (κ2) is 7.90. The Morgan fingerprint density at radius 2 is 1.93 bits per heavy atom. The summed E-state index contributed by atoms with van der Waals surface area (Å²) in [6, 6.07) is 13.2. The van der Waals surface area contributed by atoms with Gasteiger partial charge in [0.1, 0.15) is 11.3 Å². The third-order valence-electron chi connectivity index (χ3n) is 4.83. The molecule has 0 aliphatic heterocycles. The number of hydrogen-bond donors (Lipinski definition) is 2. The molecule has 3 heterocycles. The largest absolute Gasteiger partial charge is 0.382 e. The molecule has 1 atom stereocenters. The molecule has 3 aromatic heterocycles. The average molecular weight is 395 g/mol. The maximum absolute atomic E-state index is 10.9. The third-order valence-corrected chi connectivity index (χ3v) is 4.83. The Bertz CT molecular complexity index is 1290. The number of hydrogen-bond acceptors (Lipinski definition) is 6. The predicted octanol–water partition coefficient (Wildman–Crippen LogP) is 3.49. The maximum Gasteiger partial charge on any atom is 0.165 e. The number of pyridine rings is 2. The Kier molecular flexibility index (Phi) is 5.13. The van der Waals surface area contributed by atoms with Crippen LogP contribution in [0.25, 0.3) is 22.3 Å². The highest BCUT2D eigenvalue weighted by molar-refractivity contribution is 5.87. The molecule has 6 heteroatoms. The van der Waals surface area contributed by atoms with Gasteiger partial charge in [-0.25, -0.2) is 15.0 Å². The summed E-state index contributed by atoms with van der Waals surface area (Å²) in [7, 11) is 0. The molecular weight excluding hydrogens is 374 g/mol. The van der Waals surface area contributed by atoms with Gasteiger partial charge in [-0.1, -0.05) is 37.0 Å². The number of nitrogen functional groups attached to an aromatic ring is 1. The molecule has 0 fully saturated rings. The zero-order chi connectivity index (χ0) is 21.1. The molecule has 0 spiro atoms. The molecule has 0 saturated carbocycles. The highest BCUT2D eigenvalue weighted by Gasteiger charge is 2.24. The summed E-state index contributed by atoms with van der Waals surface area (Å²) in [4.78, 5) is 17.4. The minimum Gasteiger partial charge on any atom is -0.382 e. The molecule has 30 heavy (non-hydrogen) atoms. The minimum atomic E-state index is -1.36. The number of anilines is 1. The summed E-state index contributed by atoms with van der Waals surface area (Å²) < 4.78 is 0. The number of fused-ring (bicyclic) bond motifs is 1. The van der Waals surface area contributed by atoms with E-state index in [1.165, 1.54) is 0 Å². The van der Waals surface area contributed by atoms with E-state index in [4.69, 9.17) is 5.73 Å². The molecule has 0 bridgehead atoms. The summed E-state index contributed by atoms with van der Waals surface area (Å²) in [5.74, 6) is 6.92. The molecule has 4 rings (SSSR count). The SMILES string of the molecule is CCc1cccnc1C(C)(O)C#Cc1cccc(-c2ncc3ccnc(N)c3n2)c1. The molecule has 0 radical (unpaired) electrons. The molecule has 1 unspecified atom stereocenters. The molecule has 4 aromatic rings. The van der Waals surface area contributed by atoms with Crippen LogP contribution in [0, 0.1) is 11.8 Å². The van der Waals surface area contributed by atoms with Crippen LogP contribution in [0.5, 0.6) is 0 Å². The van der Waals surface area contributed by atoms with Crippen molar-refractivity contribution in [1.82, 2.24) is 19.9 Å². The van der Waals surface area contributed by atoms with Gasteiger partial charge in [0.2, 0.25) is 0 Å². The van der Waals surface area contributed by atoms with Crippen LogP contribution in [0.4, 0.5) is 5.82 Å². The van der Waals surface area contributed by atoms with Gasteiger partial charge >= 0.3 is 0 Å². The Labute approximate surface area is 174 Å². The Morgan fingerprint density at radius 3 is 2.77 bits per heavy atom. The molecule has 148 valence electrons. The molecule has 0 aliphatic carbocycles. The van der Waals surface area contributed by atoms with Gasteiger partial charge in [0.05, 0.1) is 5.69 Å². The van der Waals surface area contributed by atoms with Crippen molar-refractivity contribution in [2.24, 2.45) is 0 Å². The van der Waals surface area contributed by atoms with Gasteiger partial charge in [-0.3, -0.25) is 4.98 Å². The van der Waals surface area contributed by atoms with Crippen LogP contribution < -0.4 is 5.73 Å². The van der Waals surface area contributed by atoms with Crippen LogP contribution in [0.15, 0.2) is 61.1 Å². The first-order valence-corrected chi connectivity index (χ1v) is 9.65. The number of nitrogens with two attached hydrogens (primary N) is 1. The number of benzene rings is 1. The van der Waals surface area contributed by atoms with Gasteiger partial charge in [-0.05, 0) is 43.2 Å². The van der Waals surface area contributed by atoms with E-state index in [-0.39, 0.29) is 0 Å². The van der Waals surface area contributed by atoms with Crippen molar-refractivity contribution in [2.75, 3.05) is 5.73 Å². The van der Waals surface area contributed by atoms with Gasteiger partial charge in [-0.2, -0.15) is 0 Å². The lowest BCUT2D eigenvalue weighted by Gasteiger charge is -2.18. The zero-order valence-corrected chi connectivity index (χ0v) is 16.8. The lowest BCUT2D eigenvalue weighted by molar-refractivity contribution is 0.116. The van der Waals surface area contributed by atoms with Crippen molar-refractivity contribution in [3.63, 3.8) is 0 Å². The first-order chi connectivity index (χ1) is 14.5. The van der Waals surface area contributed by atoms with E-state index in [1.54, 1.807) is 25.5 Å². The van der Waals surface area contributed by atoms with Crippen molar-refractivity contribution in [2.45, 2.75) is 25.9 Å². The van der Waals surface area contributed by atoms with Gasteiger partial charge < -0.3 is 10.8 Å². The van der Waals surface area contributed by atoms with E-state index in [1.807, 2.05) is 49.4 Å². The van der Waals surface area contributed by atoms with Crippen molar-refractivity contribution >= 4 is 16.7 Å². The van der Waals surface area contributed by atoms with E-state index in [0.29, 0.717) is 22.9 Å². The van der Waals surface area contributed by atoms with Gasteiger partial charge in [-0.15, -0.1) is 0 Å². The van der Waals surface area contributed by atoms with E-state index >= 15 is 0 Å². The number of aromatic nitrogens is 4. The summed E-state index contributed by atoms with van der Waals surface area (Å²) in [6.45, 7) is 3.69. The van der Waals surface area contributed by atoms with Crippen LogP contribution in [0.1, 0.15) is 30.7 Å². The quantitative estimate of drug-likeness (QED) is 0.515. The fourth-order valence-electron chi connectivity index (χ4n) is 3.27. The monoisotopic (exact) mass is 395 g/mol. The average Bonchev–Trinajstić information content (AvgIpc) is 2.78. The van der Waals surface area contributed by atoms with Gasteiger partial charge in [0.15, 0.2) is 11.4 Å². The minimum absolute atomic E-state index is 0.366. The number of nitrogens with zero attached hydrogens (tertiary/aromatic N) is 4. The Balaban J connectivity index is 1.69. The molecule has 3 N–H and O–H groups in total. The molecule has 0 saturated heterocycles. The summed E-state index contributed by atoms with van der Waals surface area (Å²) in [5.41, 5.74) is 8.30. The lowest BCUT2D eigenvalue weighted by atomic mass is 9.96. The van der Waals surface area contributed by atoms with Crippen LogP contribution in [-0.4, -0.2) is 25.0 Å². The normalized spacial score (nSPS) is 12.8. The predicted molar refractivity (Wildman–Crippen MR) is 117 cm³/mol. The summed E-state index contributed by atoms with van der Waals surface area (Å²) >= 11 is 0. The van der Waals surface area contributed by atoms with Crippen LogP contribution in [0.3, 0.4) is 0 Å². The van der Waals surface area contributed by atoms with Gasteiger partial charge in [0.25, 0.3) is 0 Å². The molecule has 0 aliphatic rings. The van der Waals surface area contributed by atoms with Crippen LogP contribution in [-0.2, 0) is 12.0 Å². The summed E-state index contributed by atoms with van der Waals surface area (Å²) in [6.07, 6.45) is 5.80. The maximum atomic E-state index is 10.9. The van der Waals surface area contributed by atoms with Crippen molar-refractivity contribution in [1.29, 1.82) is 0 Å². The second-order valence-corrected chi connectivity index (χ2v) is 7.10. The first-order valence-electron chi connectivity index (χ1n) is 9.65. The fourth-order valence-corrected chi connectivity index (χ4v) is 3.27. The highest BCUT2D eigenvalue weighted by Crippen LogP contribution is 2.23. The van der Waals surface area contributed by atoms with E-state index < -0.39 is 5.60 Å². The fraction of sp³-hybridized carbons (Fsp3) is 0.167. The molecule has 0 amide bonds. The number of aryl methyl sites for hydroxylation is 1. The topological polar surface area (TPSA) is 97.8 Å². The van der Waals surface area contributed by atoms with E-state index in [2.05, 4.69) is 31.8 Å². The van der Waals surface area contributed by atoms with E-state index in [0.717, 1.165) is 28.5 Å². The highest BCUT2D eigenvalue weighted by atomic mass is 16.3. The second-order valence-electron chi connectivity index (χ2n) is 7.10. The Morgan fingerprint density at radius 1 is 1.07 bits per heavy atom. The van der Waals surface area contributed by atoms with Crippen LogP contribution >= 0.6 is 0 Å². The number of aliphatic hydroxyl groups is 1. The lowest BCUT2D eigenvalue weighted by Crippen LogP contribution is -2.22. The van der Waals surface area contributed by atoms with E-state index in [9.17, 15) is 5.11 Å². The summed E-state index contributed by atoms with van der Waals surface area (Å²) in [5, 5.41) is 11.7. The van der Waals surface area contributed by atoms with Crippen molar-refractivity contribution in [3.05, 3.63) is 77.9 Å². The number of rotatable bonds is 3. The Hall–Kier alpha value is -3.82. The van der Waals surface area contributed by atoms with Gasteiger partial charge in [0, 0.05) is 35.1 Å². The van der Waals surface area contributed by atoms with Crippen molar-refractivity contribution in [3.8, 4) is 23.2 Å². The third kappa shape index (κ3) is 3.84. The molecular formula is C24H21N5O. The van der Waals surface area contributed by atoms with Crippen molar-refractivity contribution < 1.29 is 5.11 Å².